The van der Waals surface area contributed by atoms with Crippen LogP contribution in [0, 0.1) is 6.92 Å². The molecule has 2 aromatic rings. The molecule has 0 radical (unpaired) electrons. The summed E-state index contributed by atoms with van der Waals surface area (Å²) in [5, 5.41) is 12.8. The number of nitrogens with zero attached hydrogens (tertiary/aromatic N) is 2. The van der Waals surface area contributed by atoms with Crippen LogP contribution >= 0.6 is 11.3 Å². The van der Waals surface area contributed by atoms with Crippen LogP contribution in [0.5, 0.6) is 0 Å². The summed E-state index contributed by atoms with van der Waals surface area (Å²) in [6.45, 7) is 8.57. The van der Waals surface area contributed by atoms with E-state index < -0.39 is 0 Å². The lowest BCUT2D eigenvalue weighted by Crippen LogP contribution is -2.42. The van der Waals surface area contributed by atoms with Crippen molar-refractivity contribution < 1.29 is 0 Å². The Hall–Kier alpha value is -1.17. The second kappa shape index (κ2) is 6.08. The molecule has 0 aromatic carbocycles. The maximum Gasteiger partial charge on any atom is 0.0535 e. The normalized spacial score (nSPS) is 17.1. The van der Waals surface area contributed by atoms with Gasteiger partial charge in [0.2, 0.25) is 0 Å². The standard InChI is InChI=1S/C15H22N4S/c1-11(7-16-8-14-9-17-18-12(14)2)19-5-3-15-13(10-19)4-6-20-15/h4,6,9,11,16H,3,5,7-8,10H2,1-2H3,(H,17,18). The summed E-state index contributed by atoms with van der Waals surface area (Å²) in [7, 11) is 0. The molecule has 1 aliphatic rings. The summed E-state index contributed by atoms with van der Waals surface area (Å²) in [6.07, 6.45) is 3.11. The number of nitrogens with one attached hydrogen (secondary N) is 2. The molecule has 0 bridgehead atoms. The van der Waals surface area contributed by atoms with Crippen LogP contribution in [0.25, 0.3) is 0 Å². The van der Waals surface area contributed by atoms with Gasteiger partial charge in [0, 0.05) is 48.4 Å². The van der Waals surface area contributed by atoms with Crippen LogP contribution in [0.2, 0.25) is 0 Å². The molecule has 0 amide bonds. The van der Waals surface area contributed by atoms with Gasteiger partial charge in [0.25, 0.3) is 0 Å². The van der Waals surface area contributed by atoms with Crippen LogP contribution < -0.4 is 5.32 Å². The van der Waals surface area contributed by atoms with Crippen molar-refractivity contribution in [2.45, 2.75) is 39.4 Å². The Morgan fingerprint density at radius 1 is 1.55 bits per heavy atom. The largest absolute Gasteiger partial charge is 0.311 e. The molecule has 1 unspecified atom stereocenters. The van der Waals surface area contributed by atoms with Crippen molar-refractivity contribution in [3.63, 3.8) is 0 Å². The van der Waals surface area contributed by atoms with Crippen molar-refractivity contribution in [2.24, 2.45) is 0 Å². The number of aryl methyl sites for hydroxylation is 1. The SMILES string of the molecule is Cc1[nH]ncc1CNCC(C)N1CCc2sccc2C1. The van der Waals surface area contributed by atoms with Crippen molar-refractivity contribution in [1.82, 2.24) is 20.4 Å². The molecule has 4 nitrogen and oxygen atoms in total. The fourth-order valence-corrected chi connectivity index (χ4v) is 3.63. The maximum atomic E-state index is 4.05. The number of hydrogen-bond acceptors (Lipinski definition) is 4. The van der Waals surface area contributed by atoms with E-state index in [9.17, 15) is 0 Å². The van der Waals surface area contributed by atoms with Crippen molar-refractivity contribution in [1.29, 1.82) is 0 Å². The fourth-order valence-electron chi connectivity index (χ4n) is 2.75. The van der Waals surface area contributed by atoms with Gasteiger partial charge in [-0.15, -0.1) is 11.3 Å². The predicted molar refractivity (Wildman–Crippen MR) is 82.9 cm³/mol. The van der Waals surface area contributed by atoms with Crippen molar-refractivity contribution in [3.8, 4) is 0 Å². The lowest BCUT2D eigenvalue weighted by molar-refractivity contribution is 0.188. The average molecular weight is 290 g/mol. The molecule has 1 aliphatic heterocycles. The smallest absolute Gasteiger partial charge is 0.0535 e. The molecule has 3 heterocycles. The summed E-state index contributed by atoms with van der Waals surface area (Å²) in [5.74, 6) is 0. The van der Waals surface area contributed by atoms with Crippen LogP contribution in [0.1, 0.15) is 28.6 Å². The van der Waals surface area contributed by atoms with Crippen LogP contribution in [0.15, 0.2) is 17.6 Å². The predicted octanol–water partition coefficient (Wildman–Crippen LogP) is 2.32. The van der Waals surface area contributed by atoms with Gasteiger partial charge >= 0.3 is 0 Å². The highest BCUT2D eigenvalue weighted by molar-refractivity contribution is 7.10. The molecular weight excluding hydrogens is 268 g/mol. The summed E-state index contributed by atoms with van der Waals surface area (Å²) in [4.78, 5) is 4.15. The van der Waals surface area contributed by atoms with E-state index in [1.807, 2.05) is 17.5 Å². The van der Waals surface area contributed by atoms with E-state index in [0.717, 1.165) is 25.3 Å². The van der Waals surface area contributed by atoms with Crippen LogP contribution in [0.4, 0.5) is 0 Å². The summed E-state index contributed by atoms with van der Waals surface area (Å²) >= 11 is 1.90. The summed E-state index contributed by atoms with van der Waals surface area (Å²) < 4.78 is 0. The molecular formula is C15H22N4S. The van der Waals surface area contributed by atoms with E-state index in [1.54, 1.807) is 4.88 Å². The van der Waals surface area contributed by atoms with E-state index >= 15 is 0 Å². The minimum Gasteiger partial charge on any atom is -0.311 e. The van der Waals surface area contributed by atoms with Gasteiger partial charge in [-0.2, -0.15) is 5.10 Å². The number of H-pyrrole nitrogens is 1. The first kappa shape index (κ1) is 13.8. The highest BCUT2D eigenvalue weighted by Crippen LogP contribution is 2.24. The molecule has 0 saturated heterocycles. The second-order valence-corrected chi connectivity index (χ2v) is 6.59. The Kier molecular flexibility index (Phi) is 4.19. The topological polar surface area (TPSA) is 44.0 Å². The highest BCUT2D eigenvalue weighted by atomic mass is 32.1. The summed E-state index contributed by atoms with van der Waals surface area (Å²) in [5.41, 5.74) is 3.95. The van der Waals surface area contributed by atoms with Crippen LogP contribution in [-0.2, 0) is 19.5 Å². The molecule has 20 heavy (non-hydrogen) atoms. The zero-order chi connectivity index (χ0) is 13.9. The van der Waals surface area contributed by atoms with Crippen molar-refractivity contribution in [3.05, 3.63) is 39.3 Å². The van der Waals surface area contributed by atoms with Gasteiger partial charge in [0.05, 0.1) is 6.20 Å². The molecule has 3 rings (SSSR count). The second-order valence-electron chi connectivity index (χ2n) is 5.59. The van der Waals surface area contributed by atoms with Gasteiger partial charge in [-0.25, -0.2) is 0 Å². The maximum absolute atomic E-state index is 4.05. The third-order valence-corrected chi connectivity index (χ3v) is 5.17. The molecule has 5 heteroatoms. The van der Waals surface area contributed by atoms with Crippen molar-refractivity contribution >= 4 is 11.3 Å². The van der Waals surface area contributed by atoms with E-state index in [2.05, 4.69) is 45.7 Å². The van der Waals surface area contributed by atoms with Gasteiger partial charge in [-0.3, -0.25) is 10.00 Å². The average Bonchev–Trinajstić information content (AvgIpc) is 3.07. The lowest BCUT2D eigenvalue weighted by Gasteiger charge is -2.32. The molecule has 0 aliphatic carbocycles. The number of rotatable bonds is 5. The van der Waals surface area contributed by atoms with Gasteiger partial charge in [0.1, 0.15) is 0 Å². The number of hydrogen-bond donors (Lipinski definition) is 2. The minimum atomic E-state index is 0.565. The molecule has 0 saturated carbocycles. The Morgan fingerprint density at radius 3 is 3.25 bits per heavy atom. The molecule has 108 valence electrons. The Labute approximate surface area is 124 Å². The molecule has 2 aromatic heterocycles. The van der Waals surface area contributed by atoms with Gasteiger partial charge in [0.15, 0.2) is 0 Å². The molecule has 0 fully saturated rings. The quantitative estimate of drug-likeness (QED) is 0.888. The summed E-state index contributed by atoms with van der Waals surface area (Å²) in [6, 6.07) is 2.84. The van der Waals surface area contributed by atoms with Gasteiger partial charge < -0.3 is 5.32 Å². The first-order chi connectivity index (χ1) is 9.74. The lowest BCUT2D eigenvalue weighted by atomic mass is 10.1. The first-order valence-electron chi connectivity index (χ1n) is 7.23. The Balaban J connectivity index is 1.48. The molecule has 1 atom stereocenters. The Morgan fingerprint density at radius 2 is 2.45 bits per heavy atom. The monoisotopic (exact) mass is 290 g/mol. The molecule has 2 N–H and O–H groups in total. The molecule has 0 spiro atoms. The van der Waals surface area contributed by atoms with Crippen LogP contribution in [-0.4, -0.2) is 34.2 Å². The highest BCUT2D eigenvalue weighted by Gasteiger charge is 2.21. The first-order valence-corrected chi connectivity index (χ1v) is 8.11. The third-order valence-electron chi connectivity index (χ3n) is 4.15. The van der Waals surface area contributed by atoms with E-state index in [-0.39, 0.29) is 0 Å². The van der Waals surface area contributed by atoms with E-state index in [1.165, 1.54) is 24.1 Å². The fraction of sp³-hybridized carbons (Fsp3) is 0.533. The van der Waals surface area contributed by atoms with Gasteiger partial charge in [-0.05, 0) is 37.3 Å². The number of aromatic nitrogens is 2. The van der Waals surface area contributed by atoms with E-state index in [4.69, 9.17) is 0 Å². The van der Waals surface area contributed by atoms with E-state index in [0.29, 0.717) is 6.04 Å². The minimum absolute atomic E-state index is 0.565. The zero-order valence-electron chi connectivity index (χ0n) is 12.1. The number of fused-ring (bicyclic) bond motifs is 1. The number of thiophene rings is 1. The van der Waals surface area contributed by atoms with Crippen LogP contribution in [0.3, 0.4) is 0 Å². The van der Waals surface area contributed by atoms with Gasteiger partial charge in [-0.1, -0.05) is 0 Å². The third kappa shape index (κ3) is 2.95. The van der Waals surface area contributed by atoms with Crippen molar-refractivity contribution in [2.75, 3.05) is 13.1 Å². The Bertz CT molecular complexity index is 560. The zero-order valence-corrected chi connectivity index (χ0v) is 13.0. The number of aromatic amines is 1.